The van der Waals surface area contributed by atoms with Crippen LogP contribution in [0.25, 0.3) is 0 Å². The minimum absolute atomic E-state index is 0.102. The molecule has 21 heavy (non-hydrogen) atoms. The average Bonchev–Trinajstić information content (AvgIpc) is 2.77. The Morgan fingerprint density at radius 3 is 2.33 bits per heavy atom. The molecule has 108 valence electrons. The normalized spacial score (nSPS) is 24.9. The van der Waals surface area contributed by atoms with Crippen LogP contribution in [-0.4, -0.2) is 11.4 Å². The molecule has 1 unspecified atom stereocenters. The Morgan fingerprint density at radius 1 is 1.00 bits per heavy atom. The van der Waals surface area contributed by atoms with Crippen LogP contribution in [0.4, 0.5) is 0 Å². The maximum absolute atomic E-state index is 12.0. The predicted octanol–water partition coefficient (Wildman–Crippen LogP) is 4.39. The number of ether oxygens (including phenoxy) is 1. The summed E-state index contributed by atoms with van der Waals surface area (Å²) < 4.78 is 5.60. The molecular formula is C18H18O2S. The Hall–Kier alpha value is -1.74. The minimum Gasteiger partial charge on any atom is -0.450 e. The molecule has 0 bridgehead atoms. The van der Waals surface area contributed by atoms with Crippen molar-refractivity contribution in [3.8, 4) is 0 Å². The molecule has 0 aliphatic carbocycles. The SMILES string of the molecule is Cc1ccc(SC2OC(=O)[C@H](C)[C@H]2c2ccccc2)cc1. The lowest BCUT2D eigenvalue weighted by atomic mass is 9.90. The first-order valence-electron chi connectivity index (χ1n) is 7.14. The molecule has 1 aliphatic heterocycles. The van der Waals surface area contributed by atoms with Gasteiger partial charge in [-0.05, 0) is 24.6 Å². The summed E-state index contributed by atoms with van der Waals surface area (Å²) >= 11 is 1.63. The fourth-order valence-electron chi connectivity index (χ4n) is 2.65. The molecule has 0 saturated carbocycles. The molecule has 2 aromatic rings. The third kappa shape index (κ3) is 2.98. The Morgan fingerprint density at radius 2 is 1.67 bits per heavy atom. The van der Waals surface area contributed by atoms with E-state index in [0.717, 1.165) is 4.90 Å². The molecule has 1 saturated heterocycles. The van der Waals surface area contributed by atoms with E-state index in [-0.39, 0.29) is 23.2 Å². The molecule has 0 amide bonds. The molecule has 0 N–H and O–H groups in total. The number of hydrogen-bond acceptors (Lipinski definition) is 3. The average molecular weight is 298 g/mol. The van der Waals surface area contributed by atoms with Crippen LogP contribution >= 0.6 is 11.8 Å². The van der Waals surface area contributed by atoms with E-state index >= 15 is 0 Å². The molecule has 3 atom stereocenters. The Labute approximate surface area is 129 Å². The van der Waals surface area contributed by atoms with Gasteiger partial charge in [-0.25, -0.2) is 0 Å². The molecular weight excluding hydrogens is 280 g/mol. The highest BCUT2D eigenvalue weighted by Crippen LogP contribution is 2.44. The van der Waals surface area contributed by atoms with E-state index in [1.54, 1.807) is 11.8 Å². The molecule has 1 aliphatic rings. The Bertz CT molecular complexity index is 621. The molecule has 0 spiro atoms. The van der Waals surface area contributed by atoms with Gasteiger partial charge in [-0.1, -0.05) is 66.7 Å². The largest absolute Gasteiger partial charge is 0.450 e. The van der Waals surface area contributed by atoms with Gasteiger partial charge in [0, 0.05) is 10.8 Å². The molecule has 3 rings (SSSR count). The van der Waals surface area contributed by atoms with Crippen LogP contribution in [0.5, 0.6) is 0 Å². The molecule has 0 aromatic heterocycles. The van der Waals surface area contributed by atoms with Crippen molar-refractivity contribution in [3.63, 3.8) is 0 Å². The highest BCUT2D eigenvalue weighted by molar-refractivity contribution is 7.99. The van der Waals surface area contributed by atoms with E-state index < -0.39 is 0 Å². The van der Waals surface area contributed by atoms with E-state index in [9.17, 15) is 4.79 Å². The van der Waals surface area contributed by atoms with Gasteiger partial charge in [0.15, 0.2) is 5.44 Å². The van der Waals surface area contributed by atoms with E-state index in [1.807, 2.05) is 25.1 Å². The number of thioether (sulfide) groups is 1. The van der Waals surface area contributed by atoms with Crippen LogP contribution in [0.1, 0.15) is 24.0 Å². The van der Waals surface area contributed by atoms with Gasteiger partial charge >= 0.3 is 5.97 Å². The number of benzene rings is 2. The van der Waals surface area contributed by atoms with Crippen molar-refractivity contribution in [2.45, 2.75) is 30.1 Å². The standard InChI is InChI=1S/C18H18O2S/c1-12-8-10-15(11-9-12)21-18-16(13(2)17(19)20-18)14-6-4-3-5-7-14/h3-11,13,16,18H,1-2H3/t13-,16+,18?/m1/s1. The van der Waals surface area contributed by atoms with Gasteiger partial charge in [0.25, 0.3) is 0 Å². The van der Waals surface area contributed by atoms with E-state index in [4.69, 9.17) is 4.74 Å². The number of rotatable bonds is 3. The lowest BCUT2D eigenvalue weighted by Gasteiger charge is -2.19. The van der Waals surface area contributed by atoms with Crippen LogP contribution in [-0.2, 0) is 9.53 Å². The monoisotopic (exact) mass is 298 g/mol. The summed E-state index contributed by atoms with van der Waals surface area (Å²) in [6, 6.07) is 18.5. The maximum atomic E-state index is 12.0. The first-order valence-corrected chi connectivity index (χ1v) is 8.02. The zero-order chi connectivity index (χ0) is 14.8. The van der Waals surface area contributed by atoms with Crippen molar-refractivity contribution in [1.29, 1.82) is 0 Å². The lowest BCUT2D eigenvalue weighted by molar-refractivity contribution is -0.141. The molecule has 3 heteroatoms. The maximum Gasteiger partial charge on any atom is 0.310 e. The first-order chi connectivity index (χ1) is 10.1. The van der Waals surface area contributed by atoms with Crippen molar-refractivity contribution in [1.82, 2.24) is 0 Å². The van der Waals surface area contributed by atoms with Crippen LogP contribution < -0.4 is 0 Å². The summed E-state index contributed by atoms with van der Waals surface area (Å²) in [6.07, 6.45) is 0. The van der Waals surface area contributed by atoms with Crippen molar-refractivity contribution in [2.75, 3.05) is 0 Å². The number of carbonyl (C=O) groups excluding carboxylic acids is 1. The van der Waals surface area contributed by atoms with Gasteiger partial charge in [-0.2, -0.15) is 0 Å². The third-order valence-electron chi connectivity index (χ3n) is 3.89. The summed E-state index contributed by atoms with van der Waals surface area (Å²) in [5.41, 5.74) is 2.24. The Balaban J connectivity index is 1.85. The summed E-state index contributed by atoms with van der Waals surface area (Å²) in [5, 5.41) is 0. The van der Waals surface area contributed by atoms with Crippen molar-refractivity contribution in [2.24, 2.45) is 5.92 Å². The molecule has 1 heterocycles. The summed E-state index contributed by atoms with van der Waals surface area (Å²) in [7, 11) is 0. The van der Waals surface area contributed by atoms with Crippen LogP contribution in [0.3, 0.4) is 0 Å². The van der Waals surface area contributed by atoms with Crippen LogP contribution in [0.2, 0.25) is 0 Å². The second-order valence-corrected chi connectivity index (χ2v) is 6.63. The molecule has 2 aromatic carbocycles. The zero-order valence-corrected chi connectivity index (χ0v) is 13.0. The van der Waals surface area contributed by atoms with Crippen LogP contribution in [0.15, 0.2) is 59.5 Å². The van der Waals surface area contributed by atoms with Gasteiger partial charge in [0.05, 0.1) is 5.92 Å². The smallest absolute Gasteiger partial charge is 0.310 e. The second-order valence-electron chi connectivity index (χ2n) is 5.46. The first kappa shape index (κ1) is 14.2. The number of hydrogen-bond donors (Lipinski definition) is 0. The lowest BCUT2D eigenvalue weighted by Crippen LogP contribution is -2.14. The van der Waals surface area contributed by atoms with Crippen molar-refractivity contribution < 1.29 is 9.53 Å². The molecule has 1 fully saturated rings. The third-order valence-corrected chi connectivity index (χ3v) is 5.06. The van der Waals surface area contributed by atoms with Crippen molar-refractivity contribution >= 4 is 17.7 Å². The van der Waals surface area contributed by atoms with Gasteiger partial charge in [-0.3, -0.25) is 4.79 Å². The van der Waals surface area contributed by atoms with Gasteiger partial charge in [0.2, 0.25) is 0 Å². The second kappa shape index (κ2) is 5.94. The topological polar surface area (TPSA) is 26.3 Å². The van der Waals surface area contributed by atoms with E-state index in [0.29, 0.717) is 0 Å². The van der Waals surface area contributed by atoms with Gasteiger partial charge in [0.1, 0.15) is 0 Å². The fraction of sp³-hybridized carbons (Fsp3) is 0.278. The highest BCUT2D eigenvalue weighted by Gasteiger charge is 2.43. The summed E-state index contributed by atoms with van der Waals surface area (Å²) in [6.45, 7) is 4.02. The van der Waals surface area contributed by atoms with E-state index in [2.05, 4.69) is 43.3 Å². The number of cyclic esters (lactones) is 1. The highest BCUT2D eigenvalue weighted by atomic mass is 32.2. The van der Waals surface area contributed by atoms with Crippen molar-refractivity contribution in [3.05, 3.63) is 65.7 Å². The fourth-order valence-corrected chi connectivity index (χ4v) is 3.89. The molecule has 0 radical (unpaired) electrons. The Kier molecular flexibility index (Phi) is 4.02. The number of aryl methyl sites for hydroxylation is 1. The predicted molar refractivity (Wildman–Crippen MR) is 85.3 cm³/mol. The zero-order valence-electron chi connectivity index (χ0n) is 12.2. The number of carbonyl (C=O) groups is 1. The quantitative estimate of drug-likeness (QED) is 0.786. The molecule has 2 nitrogen and oxygen atoms in total. The summed E-state index contributed by atoms with van der Waals surface area (Å²) in [4.78, 5) is 13.1. The van der Waals surface area contributed by atoms with Crippen LogP contribution in [0, 0.1) is 12.8 Å². The minimum atomic E-state index is -0.155. The van der Waals surface area contributed by atoms with E-state index in [1.165, 1.54) is 11.1 Å². The van der Waals surface area contributed by atoms with Gasteiger partial charge in [-0.15, -0.1) is 0 Å². The van der Waals surface area contributed by atoms with Gasteiger partial charge < -0.3 is 4.74 Å². The number of esters is 1. The summed E-state index contributed by atoms with van der Waals surface area (Å²) in [5.74, 6) is -0.103.